The number of halogens is 1. The highest BCUT2D eigenvalue weighted by atomic mass is 35.5. The standard InChI is InChI=1S/C17H20ClN5O3/c18-13-4-1-11(2-5-13)7-8-23-10-12(3-6-15(23)24)16(25)19-9-14-20-17(26)22-21-14/h1-2,4-5,12H,3,6-10H2,(H,19,25)(H2,20,21,22,26). The van der Waals surface area contributed by atoms with E-state index in [4.69, 9.17) is 11.6 Å². The first kappa shape index (κ1) is 18.2. The number of rotatable bonds is 6. The van der Waals surface area contributed by atoms with Crippen molar-refractivity contribution in [1.29, 1.82) is 0 Å². The van der Waals surface area contributed by atoms with E-state index in [9.17, 15) is 14.4 Å². The van der Waals surface area contributed by atoms with Crippen LogP contribution in [-0.4, -0.2) is 45.0 Å². The van der Waals surface area contributed by atoms with Crippen LogP contribution in [0.25, 0.3) is 0 Å². The minimum Gasteiger partial charge on any atom is -0.349 e. The largest absolute Gasteiger partial charge is 0.349 e. The molecule has 1 aliphatic heterocycles. The molecule has 138 valence electrons. The molecule has 1 atom stereocenters. The average Bonchev–Trinajstić information content (AvgIpc) is 3.05. The third-order valence-corrected chi connectivity index (χ3v) is 4.69. The van der Waals surface area contributed by atoms with Crippen LogP contribution in [0.4, 0.5) is 0 Å². The first-order valence-corrected chi connectivity index (χ1v) is 8.82. The van der Waals surface area contributed by atoms with Gasteiger partial charge in [0, 0.05) is 24.5 Å². The minimum atomic E-state index is -0.411. The van der Waals surface area contributed by atoms with Crippen LogP contribution in [0.5, 0.6) is 0 Å². The number of likely N-dealkylation sites (tertiary alicyclic amines) is 1. The van der Waals surface area contributed by atoms with Crippen LogP contribution < -0.4 is 11.0 Å². The summed E-state index contributed by atoms with van der Waals surface area (Å²) in [5.74, 6) is 0.0379. The molecular formula is C17H20ClN5O3. The normalized spacial score (nSPS) is 17.3. The van der Waals surface area contributed by atoms with Crippen molar-refractivity contribution in [2.75, 3.05) is 13.1 Å². The molecule has 3 rings (SSSR count). The lowest BCUT2D eigenvalue weighted by molar-refractivity contribution is -0.138. The topological polar surface area (TPSA) is 111 Å². The second-order valence-electron chi connectivity index (χ2n) is 6.29. The molecule has 1 saturated heterocycles. The lowest BCUT2D eigenvalue weighted by Crippen LogP contribution is -2.46. The zero-order valence-corrected chi connectivity index (χ0v) is 14.9. The van der Waals surface area contributed by atoms with E-state index in [1.165, 1.54) is 0 Å². The summed E-state index contributed by atoms with van der Waals surface area (Å²) in [6.45, 7) is 1.11. The Balaban J connectivity index is 1.51. The molecule has 1 aromatic heterocycles. The molecule has 2 amide bonds. The summed E-state index contributed by atoms with van der Waals surface area (Å²) in [7, 11) is 0. The van der Waals surface area contributed by atoms with E-state index in [-0.39, 0.29) is 24.3 Å². The fraction of sp³-hybridized carbons (Fsp3) is 0.412. The maximum atomic E-state index is 12.3. The van der Waals surface area contributed by atoms with Gasteiger partial charge in [0.25, 0.3) is 0 Å². The summed E-state index contributed by atoms with van der Waals surface area (Å²) in [6, 6.07) is 7.52. The van der Waals surface area contributed by atoms with Crippen molar-refractivity contribution in [2.24, 2.45) is 5.92 Å². The molecule has 3 N–H and O–H groups in total. The zero-order valence-electron chi connectivity index (χ0n) is 14.1. The predicted octanol–water partition coefficient (Wildman–Crippen LogP) is 0.849. The number of H-pyrrole nitrogens is 2. The number of carbonyl (C=O) groups excluding carboxylic acids is 2. The number of aromatic amines is 2. The molecule has 0 spiro atoms. The Morgan fingerprint density at radius 1 is 1.31 bits per heavy atom. The molecule has 1 fully saturated rings. The molecule has 0 aliphatic carbocycles. The van der Waals surface area contributed by atoms with Crippen LogP contribution in [0.3, 0.4) is 0 Å². The lowest BCUT2D eigenvalue weighted by atomic mass is 9.96. The van der Waals surface area contributed by atoms with Crippen LogP contribution in [0.15, 0.2) is 29.1 Å². The molecule has 2 heterocycles. The number of aromatic nitrogens is 3. The highest BCUT2D eigenvalue weighted by Crippen LogP contribution is 2.19. The second-order valence-corrected chi connectivity index (χ2v) is 6.73. The molecular weight excluding hydrogens is 358 g/mol. The summed E-state index contributed by atoms with van der Waals surface area (Å²) in [5, 5.41) is 9.43. The van der Waals surface area contributed by atoms with Gasteiger partial charge in [0.2, 0.25) is 11.8 Å². The molecule has 0 bridgehead atoms. The highest BCUT2D eigenvalue weighted by molar-refractivity contribution is 6.30. The minimum absolute atomic E-state index is 0.0691. The quantitative estimate of drug-likeness (QED) is 0.692. The predicted molar refractivity (Wildman–Crippen MR) is 95.5 cm³/mol. The number of amides is 2. The van der Waals surface area contributed by atoms with E-state index in [0.29, 0.717) is 43.2 Å². The molecule has 26 heavy (non-hydrogen) atoms. The number of carbonyl (C=O) groups is 2. The van der Waals surface area contributed by atoms with Gasteiger partial charge in [-0.3, -0.25) is 14.6 Å². The van der Waals surface area contributed by atoms with Gasteiger partial charge >= 0.3 is 5.69 Å². The first-order valence-electron chi connectivity index (χ1n) is 8.45. The second kappa shape index (κ2) is 8.18. The van der Waals surface area contributed by atoms with Gasteiger partial charge < -0.3 is 10.2 Å². The molecule has 1 aliphatic rings. The van der Waals surface area contributed by atoms with Gasteiger partial charge in [0.15, 0.2) is 0 Å². The summed E-state index contributed by atoms with van der Waals surface area (Å²) >= 11 is 5.88. The van der Waals surface area contributed by atoms with Gasteiger partial charge in [-0.2, -0.15) is 5.10 Å². The van der Waals surface area contributed by atoms with Gasteiger partial charge in [-0.25, -0.2) is 9.89 Å². The maximum Gasteiger partial charge on any atom is 0.340 e. The average molecular weight is 378 g/mol. The Morgan fingerprint density at radius 2 is 2.08 bits per heavy atom. The fourth-order valence-electron chi connectivity index (χ4n) is 2.96. The maximum absolute atomic E-state index is 12.3. The monoisotopic (exact) mass is 377 g/mol. The zero-order chi connectivity index (χ0) is 18.5. The third kappa shape index (κ3) is 4.72. The highest BCUT2D eigenvalue weighted by Gasteiger charge is 2.29. The Bertz CT molecular complexity index is 829. The Hall–Kier alpha value is -2.61. The number of benzene rings is 1. The van der Waals surface area contributed by atoms with E-state index in [0.717, 1.165) is 5.56 Å². The third-order valence-electron chi connectivity index (χ3n) is 4.43. The van der Waals surface area contributed by atoms with Crippen molar-refractivity contribution >= 4 is 23.4 Å². The lowest BCUT2D eigenvalue weighted by Gasteiger charge is -2.32. The van der Waals surface area contributed by atoms with E-state index >= 15 is 0 Å². The molecule has 1 unspecified atom stereocenters. The van der Waals surface area contributed by atoms with Crippen molar-refractivity contribution < 1.29 is 9.59 Å². The fourth-order valence-corrected chi connectivity index (χ4v) is 3.09. The van der Waals surface area contributed by atoms with E-state index in [2.05, 4.69) is 20.5 Å². The Morgan fingerprint density at radius 3 is 2.77 bits per heavy atom. The summed E-state index contributed by atoms with van der Waals surface area (Å²) in [4.78, 5) is 39.7. The van der Waals surface area contributed by atoms with E-state index in [1.54, 1.807) is 4.90 Å². The molecule has 1 aromatic carbocycles. The molecule has 0 saturated carbocycles. The number of nitrogens with zero attached hydrogens (tertiary/aromatic N) is 2. The number of hydrogen-bond acceptors (Lipinski definition) is 4. The first-order chi connectivity index (χ1) is 12.5. The Labute approximate surface area is 154 Å². The molecule has 8 nitrogen and oxygen atoms in total. The van der Waals surface area contributed by atoms with E-state index < -0.39 is 5.69 Å². The molecule has 0 radical (unpaired) electrons. The van der Waals surface area contributed by atoms with Crippen LogP contribution >= 0.6 is 11.6 Å². The van der Waals surface area contributed by atoms with Crippen LogP contribution in [0, 0.1) is 5.92 Å². The van der Waals surface area contributed by atoms with Gasteiger partial charge in [0.1, 0.15) is 5.82 Å². The van der Waals surface area contributed by atoms with Gasteiger partial charge in [-0.1, -0.05) is 23.7 Å². The van der Waals surface area contributed by atoms with Gasteiger partial charge in [0.05, 0.1) is 12.5 Å². The van der Waals surface area contributed by atoms with Crippen molar-refractivity contribution in [3.8, 4) is 0 Å². The van der Waals surface area contributed by atoms with Crippen molar-refractivity contribution in [3.63, 3.8) is 0 Å². The summed E-state index contributed by atoms with van der Waals surface area (Å²) in [5.41, 5.74) is 0.683. The van der Waals surface area contributed by atoms with Crippen LogP contribution in [-0.2, 0) is 22.6 Å². The Kier molecular flexibility index (Phi) is 5.72. The number of hydrogen-bond donors (Lipinski definition) is 3. The summed E-state index contributed by atoms with van der Waals surface area (Å²) in [6.07, 6.45) is 1.60. The molecule has 2 aromatic rings. The van der Waals surface area contributed by atoms with Gasteiger partial charge in [-0.15, -0.1) is 0 Å². The van der Waals surface area contributed by atoms with E-state index in [1.807, 2.05) is 24.3 Å². The van der Waals surface area contributed by atoms with Crippen LogP contribution in [0.2, 0.25) is 5.02 Å². The van der Waals surface area contributed by atoms with Crippen molar-refractivity contribution in [2.45, 2.75) is 25.8 Å². The van der Waals surface area contributed by atoms with Gasteiger partial charge in [-0.05, 0) is 30.5 Å². The number of nitrogens with one attached hydrogen (secondary N) is 3. The SMILES string of the molecule is O=C(NCc1n[nH]c(=O)[nH]1)C1CCC(=O)N(CCc2ccc(Cl)cc2)C1. The molecule has 9 heteroatoms. The van der Waals surface area contributed by atoms with Crippen LogP contribution in [0.1, 0.15) is 24.2 Å². The van der Waals surface area contributed by atoms with Crippen molar-refractivity contribution in [3.05, 3.63) is 51.2 Å². The summed E-state index contributed by atoms with van der Waals surface area (Å²) < 4.78 is 0. The van der Waals surface area contributed by atoms with Crippen molar-refractivity contribution in [1.82, 2.24) is 25.4 Å². The smallest absolute Gasteiger partial charge is 0.340 e. The number of piperidine rings is 1.